The molecule has 1 heterocycles. The average Bonchev–Trinajstić information content (AvgIpc) is 2.07. The highest BCUT2D eigenvalue weighted by Gasteiger charge is 2.44. The average molecular weight is 177 g/mol. The Bertz CT molecular complexity index is 193. The summed E-state index contributed by atoms with van der Waals surface area (Å²) < 4.78 is 26.4. The Balaban J connectivity index is 2.85. The van der Waals surface area contributed by atoms with E-state index in [-0.39, 0.29) is 6.42 Å². The fourth-order valence-electron chi connectivity index (χ4n) is 1.40. The predicted octanol–water partition coefficient (Wildman–Crippen LogP) is 1.86. The number of carbonyl (C=O) groups excluding carboxylic acids is 1. The van der Waals surface area contributed by atoms with Crippen molar-refractivity contribution in [3.63, 3.8) is 0 Å². The van der Waals surface area contributed by atoms with Crippen molar-refractivity contribution in [2.24, 2.45) is 5.92 Å². The largest absolute Gasteiger partial charge is 0.330 e. The van der Waals surface area contributed by atoms with Gasteiger partial charge in [0.15, 0.2) is 0 Å². The molecule has 0 radical (unpaired) electrons. The first-order chi connectivity index (χ1) is 5.46. The van der Waals surface area contributed by atoms with Crippen LogP contribution < -0.4 is 0 Å². The van der Waals surface area contributed by atoms with Gasteiger partial charge in [-0.25, -0.2) is 0 Å². The molecule has 0 bridgehead atoms. The van der Waals surface area contributed by atoms with Gasteiger partial charge >= 0.3 is 6.05 Å². The van der Waals surface area contributed by atoms with Crippen molar-refractivity contribution in [1.29, 1.82) is 0 Å². The molecule has 0 saturated carbocycles. The first-order valence-corrected chi connectivity index (χ1v) is 4.10. The Morgan fingerprint density at radius 3 is 2.75 bits per heavy atom. The molecule has 70 valence electrons. The third-order valence-electron chi connectivity index (χ3n) is 2.44. The van der Waals surface area contributed by atoms with Crippen LogP contribution in [0.3, 0.4) is 0 Å². The highest BCUT2D eigenvalue weighted by atomic mass is 19.3. The molecule has 0 aromatic carbocycles. The van der Waals surface area contributed by atoms with E-state index in [1.165, 1.54) is 14.0 Å². The molecule has 0 aliphatic carbocycles. The smallest absolute Gasteiger partial charge is 0.287 e. The van der Waals surface area contributed by atoms with Gasteiger partial charge < -0.3 is 0 Å². The Morgan fingerprint density at radius 2 is 2.17 bits per heavy atom. The molecule has 0 aromatic heterocycles. The normalized spacial score (nSPS) is 30.2. The molecule has 1 atom stereocenters. The molecule has 1 aliphatic heterocycles. The van der Waals surface area contributed by atoms with Crippen molar-refractivity contribution in [2.75, 3.05) is 7.05 Å². The maximum atomic E-state index is 13.2. The molecule has 4 heteroatoms. The number of hydrogen-bond donors (Lipinski definition) is 0. The topological polar surface area (TPSA) is 20.3 Å². The summed E-state index contributed by atoms with van der Waals surface area (Å²) in [6, 6.07) is -2.96. The van der Waals surface area contributed by atoms with Gasteiger partial charge in [-0.3, -0.25) is 9.69 Å². The fourth-order valence-corrected chi connectivity index (χ4v) is 1.40. The molecular weight excluding hydrogens is 164 g/mol. The van der Waals surface area contributed by atoms with Crippen molar-refractivity contribution < 1.29 is 13.6 Å². The van der Waals surface area contributed by atoms with Gasteiger partial charge in [0.25, 0.3) is 0 Å². The number of carbonyl (C=O) groups is 1. The third-order valence-corrected chi connectivity index (χ3v) is 2.44. The van der Waals surface area contributed by atoms with Gasteiger partial charge in [-0.15, -0.1) is 0 Å². The monoisotopic (exact) mass is 177 g/mol. The lowest BCUT2D eigenvalue weighted by atomic mass is 10.0. The van der Waals surface area contributed by atoms with Crippen LogP contribution in [-0.2, 0) is 4.79 Å². The molecule has 1 unspecified atom stereocenters. The van der Waals surface area contributed by atoms with Gasteiger partial charge in [0.2, 0.25) is 5.91 Å². The van der Waals surface area contributed by atoms with Gasteiger partial charge in [0.1, 0.15) is 0 Å². The second kappa shape index (κ2) is 2.99. The van der Waals surface area contributed by atoms with E-state index in [0.717, 1.165) is 0 Å². The van der Waals surface area contributed by atoms with Crippen LogP contribution in [0.2, 0.25) is 0 Å². The third kappa shape index (κ3) is 1.42. The summed E-state index contributed by atoms with van der Waals surface area (Å²) in [4.78, 5) is 11.6. The molecule has 0 aromatic rings. The molecule has 1 aliphatic rings. The molecule has 1 amide bonds. The summed E-state index contributed by atoms with van der Waals surface area (Å²) in [5.74, 6) is -1.18. The molecule has 1 rings (SSSR count). The number of amides is 1. The molecule has 12 heavy (non-hydrogen) atoms. The number of nitrogens with zero attached hydrogens (tertiary/aromatic N) is 1. The molecule has 1 fully saturated rings. The standard InChI is InChI=1S/C8H13F2NO/c1-6-4-3-5-7(12)11(2)8(6,9)10/h6H,3-5H2,1-2H3. The van der Waals surface area contributed by atoms with E-state index in [9.17, 15) is 13.6 Å². The second-order valence-corrected chi connectivity index (χ2v) is 3.33. The highest BCUT2D eigenvalue weighted by Crippen LogP contribution is 2.34. The number of halogens is 2. The van der Waals surface area contributed by atoms with Crippen molar-refractivity contribution >= 4 is 5.91 Å². The lowest BCUT2D eigenvalue weighted by Crippen LogP contribution is -2.45. The Morgan fingerprint density at radius 1 is 1.58 bits per heavy atom. The number of alkyl halides is 2. The van der Waals surface area contributed by atoms with Crippen molar-refractivity contribution in [3.05, 3.63) is 0 Å². The predicted molar refractivity (Wildman–Crippen MR) is 40.7 cm³/mol. The van der Waals surface area contributed by atoms with Gasteiger partial charge in [0, 0.05) is 19.4 Å². The molecule has 2 nitrogen and oxygen atoms in total. The molecule has 0 spiro atoms. The summed E-state index contributed by atoms with van der Waals surface area (Å²) in [6.07, 6.45) is 1.24. The van der Waals surface area contributed by atoms with E-state index in [1.54, 1.807) is 0 Å². The van der Waals surface area contributed by atoms with Crippen LogP contribution in [0.15, 0.2) is 0 Å². The van der Waals surface area contributed by atoms with Gasteiger partial charge in [0.05, 0.1) is 0 Å². The van der Waals surface area contributed by atoms with Crippen molar-refractivity contribution in [3.8, 4) is 0 Å². The lowest BCUT2D eigenvalue weighted by Gasteiger charge is -2.29. The molecular formula is C8H13F2NO. The van der Waals surface area contributed by atoms with E-state index < -0.39 is 17.9 Å². The Labute approximate surface area is 70.5 Å². The fraction of sp³-hybridized carbons (Fsp3) is 0.875. The van der Waals surface area contributed by atoms with E-state index in [4.69, 9.17) is 0 Å². The molecule has 0 N–H and O–H groups in total. The first kappa shape index (κ1) is 9.42. The van der Waals surface area contributed by atoms with Crippen molar-refractivity contribution in [2.45, 2.75) is 32.2 Å². The van der Waals surface area contributed by atoms with Crippen LogP contribution in [0.5, 0.6) is 0 Å². The Hall–Kier alpha value is -0.670. The Kier molecular flexibility index (Phi) is 2.35. The number of likely N-dealkylation sites (tertiary alicyclic amines) is 1. The minimum absolute atomic E-state index is 0.246. The van der Waals surface area contributed by atoms with Crippen molar-refractivity contribution in [1.82, 2.24) is 4.90 Å². The lowest BCUT2D eigenvalue weighted by molar-refractivity contribution is -0.182. The van der Waals surface area contributed by atoms with Crippen LogP contribution in [0.25, 0.3) is 0 Å². The van der Waals surface area contributed by atoms with Crippen LogP contribution in [-0.4, -0.2) is 23.9 Å². The van der Waals surface area contributed by atoms with Crippen LogP contribution >= 0.6 is 0 Å². The maximum absolute atomic E-state index is 13.2. The van der Waals surface area contributed by atoms with Crippen LogP contribution in [0.1, 0.15) is 26.2 Å². The van der Waals surface area contributed by atoms with E-state index >= 15 is 0 Å². The van der Waals surface area contributed by atoms with Gasteiger partial charge in [-0.1, -0.05) is 6.92 Å². The van der Waals surface area contributed by atoms with Crippen LogP contribution in [0.4, 0.5) is 8.78 Å². The zero-order valence-corrected chi connectivity index (χ0v) is 7.31. The van der Waals surface area contributed by atoms with Gasteiger partial charge in [-0.2, -0.15) is 8.78 Å². The van der Waals surface area contributed by atoms with E-state index in [0.29, 0.717) is 17.7 Å². The second-order valence-electron chi connectivity index (χ2n) is 3.33. The zero-order valence-electron chi connectivity index (χ0n) is 7.31. The molecule has 1 saturated heterocycles. The number of rotatable bonds is 0. The first-order valence-electron chi connectivity index (χ1n) is 4.10. The zero-order chi connectivity index (χ0) is 9.35. The summed E-state index contributed by atoms with van der Waals surface area (Å²) in [6.45, 7) is 1.48. The summed E-state index contributed by atoms with van der Waals surface area (Å²) in [7, 11) is 1.17. The number of hydrogen-bond acceptors (Lipinski definition) is 1. The summed E-state index contributed by atoms with van der Waals surface area (Å²) in [5, 5.41) is 0. The maximum Gasteiger partial charge on any atom is 0.330 e. The van der Waals surface area contributed by atoms with E-state index in [2.05, 4.69) is 0 Å². The summed E-state index contributed by atoms with van der Waals surface area (Å²) >= 11 is 0. The minimum atomic E-state index is -2.96. The highest BCUT2D eigenvalue weighted by molar-refractivity contribution is 5.76. The minimum Gasteiger partial charge on any atom is -0.287 e. The quantitative estimate of drug-likeness (QED) is 0.517. The van der Waals surface area contributed by atoms with Gasteiger partial charge in [-0.05, 0) is 12.8 Å². The van der Waals surface area contributed by atoms with E-state index in [1.807, 2.05) is 0 Å². The summed E-state index contributed by atoms with van der Waals surface area (Å²) in [5.41, 5.74) is 0. The van der Waals surface area contributed by atoms with Crippen LogP contribution in [0, 0.1) is 5.92 Å². The SMILES string of the molecule is CC1CCCC(=O)N(C)C1(F)F.